The Balaban J connectivity index is 2.05. The van der Waals surface area contributed by atoms with E-state index >= 15 is 0 Å². The number of fused-ring (bicyclic) bond motifs is 1. The molecule has 0 aromatic heterocycles. The molecule has 0 saturated heterocycles. The van der Waals surface area contributed by atoms with E-state index in [2.05, 4.69) is 26.1 Å². The molecule has 1 aromatic rings. The number of benzene rings is 1. The Morgan fingerprint density at radius 2 is 1.86 bits per heavy atom. The molecule has 0 aliphatic carbocycles. The molecule has 1 heterocycles. The molecule has 1 aromatic carbocycles. The van der Waals surface area contributed by atoms with Gasteiger partial charge in [-0.2, -0.15) is 0 Å². The molecule has 0 spiro atoms. The van der Waals surface area contributed by atoms with Gasteiger partial charge in [-0.1, -0.05) is 32.4 Å². The predicted octanol–water partition coefficient (Wildman–Crippen LogP) is 4.07. The highest BCUT2D eigenvalue weighted by Crippen LogP contribution is 2.36. The Kier molecular flexibility index (Phi) is 5.77. The zero-order valence-corrected chi connectivity index (χ0v) is 14.1. The number of hydrogen-bond acceptors (Lipinski definition) is 3. The van der Waals surface area contributed by atoms with E-state index in [9.17, 15) is 0 Å². The van der Waals surface area contributed by atoms with E-state index in [0.717, 1.165) is 54.4 Å². The monoisotopic (exact) mass is 311 g/mol. The van der Waals surface area contributed by atoms with Gasteiger partial charge in [0.2, 0.25) is 0 Å². The first-order valence-electron chi connectivity index (χ1n) is 7.80. The highest BCUT2D eigenvalue weighted by molar-refractivity contribution is 6.31. The van der Waals surface area contributed by atoms with Crippen LogP contribution in [0.1, 0.15) is 39.2 Å². The third kappa shape index (κ3) is 4.79. The molecule has 1 aliphatic heterocycles. The third-order valence-electron chi connectivity index (χ3n) is 3.84. The Hall–Kier alpha value is -0.930. The van der Waals surface area contributed by atoms with Crippen LogP contribution < -0.4 is 14.8 Å². The fourth-order valence-corrected chi connectivity index (χ4v) is 2.69. The predicted molar refractivity (Wildman–Crippen MR) is 87.7 cm³/mol. The number of hydrogen-bond donors (Lipinski definition) is 1. The lowest BCUT2D eigenvalue weighted by Gasteiger charge is -2.25. The Morgan fingerprint density at radius 1 is 1.19 bits per heavy atom. The second-order valence-electron chi connectivity index (χ2n) is 6.39. The fourth-order valence-electron chi connectivity index (χ4n) is 2.44. The second kappa shape index (κ2) is 7.37. The van der Waals surface area contributed by atoms with Crippen molar-refractivity contribution in [1.29, 1.82) is 0 Å². The van der Waals surface area contributed by atoms with E-state index in [1.807, 2.05) is 12.1 Å². The fraction of sp³-hybridized carbons (Fsp3) is 0.647. The van der Waals surface area contributed by atoms with Crippen LogP contribution in [0, 0.1) is 5.41 Å². The van der Waals surface area contributed by atoms with Gasteiger partial charge in [0.15, 0.2) is 11.5 Å². The SMILES string of the molecule is CCNCC(C)(C)CCc1cc2c(cc1Cl)OCCCO2. The zero-order valence-electron chi connectivity index (χ0n) is 13.3. The van der Waals surface area contributed by atoms with Gasteiger partial charge in [0, 0.05) is 24.1 Å². The lowest BCUT2D eigenvalue weighted by atomic mass is 9.86. The Labute approximate surface area is 133 Å². The van der Waals surface area contributed by atoms with Crippen LogP contribution in [0.5, 0.6) is 11.5 Å². The first-order chi connectivity index (χ1) is 10.0. The van der Waals surface area contributed by atoms with Crippen LogP contribution in [0.15, 0.2) is 12.1 Å². The van der Waals surface area contributed by atoms with Gasteiger partial charge < -0.3 is 14.8 Å². The quantitative estimate of drug-likeness (QED) is 0.859. The minimum atomic E-state index is 0.253. The van der Waals surface area contributed by atoms with Crippen LogP contribution in [-0.2, 0) is 6.42 Å². The van der Waals surface area contributed by atoms with E-state index in [1.165, 1.54) is 0 Å². The Morgan fingerprint density at radius 3 is 2.52 bits per heavy atom. The van der Waals surface area contributed by atoms with Crippen molar-refractivity contribution in [2.24, 2.45) is 5.41 Å². The average Bonchev–Trinajstić information content (AvgIpc) is 2.67. The molecule has 4 heteroatoms. The maximum Gasteiger partial charge on any atom is 0.162 e. The summed E-state index contributed by atoms with van der Waals surface area (Å²) in [7, 11) is 0. The summed E-state index contributed by atoms with van der Waals surface area (Å²) in [5, 5.41) is 4.20. The minimum Gasteiger partial charge on any atom is -0.490 e. The highest BCUT2D eigenvalue weighted by atomic mass is 35.5. The molecule has 3 nitrogen and oxygen atoms in total. The standard InChI is InChI=1S/C17H26ClNO2/c1-4-19-12-17(2,3)7-6-13-10-15-16(11-14(13)18)21-9-5-8-20-15/h10-11,19H,4-9,12H2,1-3H3. The summed E-state index contributed by atoms with van der Waals surface area (Å²) in [6.45, 7) is 10.1. The summed E-state index contributed by atoms with van der Waals surface area (Å²) < 4.78 is 11.4. The lowest BCUT2D eigenvalue weighted by Crippen LogP contribution is -2.29. The van der Waals surface area contributed by atoms with Gasteiger partial charge in [0.1, 0.15) is 0 Å². The summed E-state index contributed by atoms with van der Waals surface area (Å²) in [6.07, 6.45) is 2.95. The van der Waals surface area contributed by atoms with E-state index in [-0.39, 0.29) is 5.41 Å². The smallest absolute Gasteiger partial charge is 0.162 e. The first kappa shape index (κ1) is 16.4. The van der Waals surface area contributed by atoms with E-state index < -0.39 is 0 Å². The van der Waals surface area contributed by atoms with E-state index in [4.69, 9.17) is 21.1 Å². The maximum atomic E-state index is 6.40. The zero-order chi connectivity index (χ0) is 15.3. The number of rotatable bonds is 6. The molecule has 0 saturated carbocycles. The maximum absolute atomic E-state index is 6.40. The van der Waals surface area contributed by atoms with Crippen LogP contribution in [0.25, 0.3) is 0 Å². The number of ether oxygens (including phenoxy) is 2. The van der Waals surface area contributed by atoms with Crippen molar-refractivity contribution in [2.75, 3.05) is 26.3 Å². The molecule has 2 rings (SSSR count). The van der Waals surface area contributed by atoms with Crippen LogP contribution in [-0.4, -0.2) is 26.3 Å². The lowest BCUT2D eigenvalue weighted by molar-refractivity contribution is 0.296. The topological polar surface area (TPSA) is 30.5 Å². The average molecular weight is 312 g/mol. The molecule has 0 amide bonds. The van der Waals surface area contributed by atoms with Crippen LogP contribution >= 0.6 is 11.6 Å². The number of halogens is 1. The molecule has 0 bridgehead atoms. The van der Waals surface area contributed by atoms with Crippen molar-refractivity contribution in [2.45, 2.75) is 40.0 Å². The molecule has 1 aliphatic rings. The molecule has 1 N–H and O–H groups in total. The molecule has 0 unspecified atom stereocenters. The van der Waals surface area contributed by atoms with Gasteiger partial charge in [-0.05, 0) is 36.4 Å². The van der Waals surface area contributed by atoms with Crippen molar-refractivity contribution in [3.8, 4) is 11.5 Å². The van der Waals surface area contributed by atoms with E-state index in [1.54, 1.807) is 0 Å². The summed E-state index contributed by atoms with van der Waals surface area (Å²) in [5.41, 5.74) is 1.40. The summed E-state index contributed by atoms with van der Waals surface area (Å²) in [6, 6.07) is 3.95. The molecule has 118 valence electrons. The van der Waals surface area contributed by atoms with Gasteiger partial charge in [-0.15, -0.1) is 0 Å². The van der Waals surface area contributed by atoms with Gasteiger partial charge in [0.25, 0.3) is 0 Å². The highest BCUT2D eigenvalue weighted by Gasteiger charge is 2.19. The third-order valence-corrected chi connectivity index (χ3v) is 4.19. The Bertz CT molecular complexity index is 474. The molecular weight excluding hydrogens is 286 g/mol. The van der Waals surface area contributed by atoms with Crippen molar-refractivity contribution in [3.05, 3.63) is 22.7 Å². The largest absolute Gasteiger partial charge is 0.490 e. The first-order valence-corrected chi connectivity index (χ1v) is 8.18. The van der Waals surface area contributed by atoms with Crippen molar-refractivity contribution >= 4 is 11.6 Å². The van der Waals surface area contributed by atoms with Crippen LogP contribution in [0.4, 0.5) is 0 Å². The van der Waals surface area contributed by atoms with E-state index in [0.29, 0.717) is 13.2 Å². The number of aryl methyl sites for hydroxylation is 1. The second-order valence-corrected chi connectivity index (χ2v) is 6.79. The molecule has 0 fully saturated rings. The summed E-state index contributed by atoms with van der Waals surface area (Å²) in [4.78, 5) is 0. The van der Waals surface area contributed by atoms with Gasteiger partial charge in [0.05, 0.1) is 13.2 Å². The van der Waals surface area contributed by atoms with Gasteiger partial charge >= 0.3 is 0 Å². The van der Waals surface area contributed by atoms with Crippen molar-refractivity contribution < 1.29 is 9.47 Å². The number of nitrogens with one attached hydrogen (secondary N) is 1. The molecule has 0 atom stereocenters. The van der Waals surface area contributed by atoms with Gasteiger partial charge in [-0.25, -0.2) is 0 Å². The summed E-state index contributed by atoms with van der Waals surface area (Å²) >= 11 is 6.40. The normalized spacial score (nSPS) is 14.9. The summed E-state index contributed by atoms with van der Waals surface area (Å²) in [5.74, 6) is 1.60. The van der Waals surface area contributed by atoms with Crippen LogP contribution in [0.2, 0.25) is 5.02 Å². The van der Waals surface area contributed by atoms with Crippen molar-refractivity contribution in [1.82, 2.24) is 5.32 Å². The molecular formula is C17H26ClNO2. The van der Waals surface area contributed by atoms with Crippen LogP contribution in [0.3, 0.4) is 0 Å². The van der Waals surface area contributed by atoms with Gasteiger partial charge in [-0.3, -0.25) is 0 Å². The molecule has 0 radical (unpaired) electrons. The minimum absolute atomic E-state index is 0.253. The van der Waals surface area contributed by atoms with Crippen molar-refractivity contribution in [3.63, 3.8) is 0 Å². The molecule has 21 heavy (non-hydrogen) atoms.